The summed E-state index contributed by atoms with van der Waals surface area (Å²) in [6, 6.07) is 14.8. The first-order valence-corrected chi connectivity index (χ1v) is 8.62. The summed E-state index contributed by atoms with van der Waals surface area (Å²) in [5.74, 6) is 2.54. The molecule has 0 aromatic heterocycles. The van der Waals surface area contributed by atoms with Crippen LogP contribution >= 0.6 is 12.4 Å². The Bertz CT molecular complexity index is 721. The lowest BCUT2D eigenvalue weighted by atomic mass is 9.95. The summed E-state index contributed by atoms with van der Waals surface area (Å²) in [7, 11) is 1.62. The van der Waals surface area contributed by atoms with E-state index in [-0.39, 0.29) is 24.2 Å². The van der Waals surface area contributed by atoms with Crippen LogP contribution in [0.15, 0.2) is 48.5 Å². The maximum atomic E-state index is 12.4. The van der Waals surface area contributed by atoms with Gasteiger partial charge in [0, 0.05) is 17.7 Å². The molecule has 5 nitrogen and oxygen atoms in total. The number of hydrogen-bond acceptors (Lipinski definition) is 4. The summed E-state index contributed by atoms with van der Waals surface area (Å²) in [4.78, 5) is 12.4. The zero-order valence-electron chi connectivity index (χ0n) is 14.8. The van der Waals surface area contributed by atoms with E-state index in [1.165, 1.54) is 0 Å². The third-order valence-electron chi connectivity index (χ3n) is 4.70. The summed E-state index contributed by atoms with van der Waals surface area (Å²) in [5, 5.41) is 2.99. The Morgan fingerprint density at radius 3 is 2.54 bits per heavy atom. The molecule has 6 heteroatoms. The summed E-state index contributed by atoms with van der Waals surface area (Å²) in [6.45, 7) is 0.575. The van der Waals surface area contributed by atoms with Crippen molar-refractivity contribution in [3.05, 3.63) is 48.5 Å². The van der Waals surface area contributed by atoms with Gasteiger partial charge in [-0.05, 0) is 61.7 Å². The first kappa shape index (κ1) is 20.1. The molecule has 140 valence electrons. The van der Waals surface area contributed by atoms with E-state index >= 15 is 0 Å². The predicted molar refractivity (Wildman–Crippen MR) is 105 cm³/mol. The highest BCUT2D eigenvalue weighted by Crippen LogP contribution is 2.32. The number of carbonyl (C=O) groups excluding carboxylic acids is 1. The van der Waals surface area contributed by atoms with E-state index in [9.17, 15) is 4.79 Å². The van der Waals surface area contributed by atoms with Crippen molar-refractivity contribution < 1.29 is 14.3 Å². The fourth-order valence-electron chi connectivity index (χ4n) is 3.31. The second kappa shape index (κ2) is 9.46. The largest absolute Gasteiger partial charge is 0.497 e. The van der Waals surface area contributed by atoms with Crippen LogP contribution in [-0.4, -0.2) is 19.6 Å². The van der Waals surface area contributed by atoms with Crippen molar-refractivity contribution in [1.82, 2.24) is 0 Å². The van der Waals surface area contributed by atoms with Gasteiger partial charge in [0.15, 0.2) is 0 Å². The first-order valence-electron chi connectivity index (χ1n) is 8.62. The van der Waals surface area contributed by atoms with Crippen LogP contribution < -0.4 is 20.5 Å². The highest BCUT2D eigenvalue weighted by molar-refractivity contribution is 5.93. The molecule has 0 saturated heterocycles. The molecule has 1 aliphatic rings. The Labute approximate surface area is 160 Å². The van der Waals surface area contributed by atoms with Gasteiger partial charge in [0.2, 0.25) is 5.91 Å². The Balaban J connectivity index is 0.00000243. The molecule has 0 bridgehead atoms. The van der Waals surface area contributed by atoms with Gasteiger partial charge < -0.3 is 20.5 Å². The maximum Gasteiger partial charge on any atom is 0.227 e. The minimum atomic E-state index is 0. The van der Waals surface area contributed by atoms with Gasteiger partial charge >= 0.3 is 0 Å². The number of rotatable bonds is 6. The number of benzene rings is 2. The molecule has 1 aliphatic carbocycles. The molecular weight excluding hydrogens is 352 g/mol. The average molecular weight is 377 g/mol. The normalized spacial score (nSPS) is 18.7. The SMILES string of the molecule is COc1cccc(Oc2ccc(NC(=O)[C@@H]3CCC[C@@H]3CN)cc2)c1.Cl. The van der Waals surface area contributed by atoms with Gasteiger partial charge in [0.1, 0.15) is 17.2 Å². The number of hydrogen-bond donors (Lipinski definition) is 2. The molecule has 2 aromatic rings. The number of amides is 1. The van der Waals surface area contributed by atoms with E-state index in [0.717, 1.165) is 30.7 Å². The molecule has 3 N–H and O–H groups in total. The molecule has 2 atom stereocenters. The predicted octanol–water partition coefficient (Wildman–Crippen LogP) is 4.22. The molecule has 0 spiro atoms. The molecule has 1 saturated carbocycles. The average Bonchev–Trinajstić information content (AvgIpc) is 3.12. The van der Waals surface area contributed by atoms with Gasteiger partial charge in [-0.3, -0.25) is 4.79 Å². The lowest BCUT2D eigenvalue weighted by Crippen LogP contribution is -2.29. The highest BCUT2D eigenvalue weighted by atomic mass is 35.5. The smallest absolute Gasteiger partial charge is 0.227 e. The Morgan fingerprint density at radius 1 is 1.12 bits per heavy atom. The molecule has 0 aliphatic heterocycles. The molecular formula is C20H25ClN2O3. The quantitative estimate of drug-likeness (QED) is 0.791. The van der Waals surface area contributed by atoms with Crippen molar-refractivity contribution in [2.75, 3.05) is 19.0 Å². The van der Waals surface area contributed by atoms with Crippen molar-refractivity contribution >= 4 is 24.0 Å². The summed E-state index contributed by atoms with van der Waals surface area (Å²) in [5.41, 5.74) is 6.53. The van der Waals surface area contributed by atoms with Crippen molar-refractivity contribution in [1.29, 1.82) is 0 Å². The zero-order chi connectivity index (χ0) is 17.6. The number of methoxy groups -OCH3 is 1. The van der Waals surface area contributed by atoms with Crippen LogP contribution in [0.3, 0.4) is 0 Å². The van der Waals surface area contributed by atoms with E-state index < -0.39 is 0 Å². The van der Waals surface area contributed by atoms with Crippen LogP contribution in [0.25, 0.3) is 0 Å². The van der Waals surface area contributed by atoms with Gasteiger partial charge in [-0.25, -0.2) is 0 Å². The summed E-state index contributed by atoms with van der Waals surface area (Å²) >= 11 is 0. The van der Waals surface area contributed by atoms with Gasteiger partial charge in [0.05, 0.1) is 7.11 Å². The number of ether oxygens (including phenoxy) is 2. The number of nitrogens with one attached hydrogen (secondary N) is 1. The third-order valence-corrected chi connectivity index (χ3v) is 4.70. The van der Waals surface area contributed by atoms with Gasteiger partial charge in [-0.1, -0.05) is 12.5 Å². The van der Waals surface area contributed by atoms with Crippen LogP contribution in [-0.2, 0) is 4.79 Å². The minimum Gasteiger partial charge on any atom is -0.497 e. The van der Waals surface area contributed by atoms with Gasteiger partial charge in [-0.15, -0.1) is 12.4 Å². The van der Waals surface area contributed by atoms with Gasteiger partial charge in [-0.2, -0.15) is 0 Å². The van der Waals surface area contributed by atoms with Crippen molar-refractivity contribution in [3.63, 3.8) is 0 Å². The second-order valence-corrected chi connectivity index (χ2v) is 6.33. The molecule has 0 heterocycles. The standard InChI is InChI=1S/C20H24N2O3.ClH/c1-24-17-5-3-6-18(12-17)25-16-10-8-15(9-11-16)22-20(23)19-7-2-4-14(19)13-21;/h3,5-6,8-12,14,19H,2,4,7,13,21H2,1H3,(H,22,23);1H/t14-,19-;/m1./s1. The molecule has 0 unspecified atom stereocenters. The third kappa shape index (κ3) is 4.90. The maximum absolute atomic E-state index is 12.4. The topological polar surface area (TPSA) is 73.6 Å². The fraction of sp³-hybridized carbons (Fsp3) is 0.350. The van der Waals surface area contributed by atoms with Crippen molar-refractivity contribution in [3.8, 4) is 17.2 Å². The number of nitrogens with two attached hydrogens (primary N) is 1. The lowest BCUT2D eigenvalue weighted by Gasteiger charge is -2.17. The second-order valence-electron chi connectivity index (χ2n) is 6.33. The summed E-state index contributed by atoms with van der Waals surface area (Å²) < 4.78 is 11.0. The molecule has 3 rings (SSSR count). The van der Waals surface area contributed by atoms with Gasteiger partial charge in [0.25, 0.3) is 0 Å². The van der Waals surface area contributed by atoms with Crippen LogP contribution in [0.4, 0.5) is 5.69 Å². The van der Waals surface area contributed by atoms with Crippen molar-refractivity contribution in [2.45, 2.75) is 19.3 Å². The number of anilines is 1. The Hall–Kier alpha value is -2.24. The number of halogens is 1. The van der Waals surface area contributed by atoms with E-state index in [0.29, 0.717) is 24.0 Å². The molecule has 1 fully saturated rings. The molecule has 2 aromatic carbocycles. The molecule has 26 heavy (non-hydrogen) atoms. The van der Waals surface area contributed by atoms with Crippen LogP contribution in [0.5, 0.6) is 17.2 Å². The van der Waals surface area contributed by atoms with E-state index in [4.69, 9.17) is 15.2 Å². The van der Waals surface area contributed by atoms with Crippen LogP contribution in [0.1, 0.15) is 19.3 Å². The minimum absolute atomic E-state index is 0. The molecule has 1 amide bonds. The Morgan fingerprint density at radius 2 is 1.85 bits per heavy atom. The van der Waals surface area contributed by atoms with E-state index in [2.05, 4.69) is 5.32 Å². The Kier molecular flexibility index (Phi) is 7.30. The lowest BCUT2D eigenvalue weighted by molar-refractivity contribution is -0.120. The van der Waals surface area contributed by atoms with Crippen LogP contribution in [0.2, 0.25) is 0 Å². The summed E-state index contributed by atoms with van der Waals surface area (Å²) in [6.07, 6.45) is 3.04. The monoisotopic (exact) mass is 376 g/mol. The zero-order valence-corrected chi connectivity index (χ0v) is 15.6. The van der Waals surface area contributed by atoms with E-state index in [1.807, 2.05) is 48.5 Å². The first-order chi connectivity index (χ1) is 12.2. The van der Waals surface area contributed by atoms with Crippen molar-refractivity contribution in [2.24, 2.45) is 17.6 Å². The highest BCUT2D eigenvalue weighted by Gasteiger charge is 2.31. The molecule has 0 radical (unpaired) electrons. The van der Waals surface area contributed by atoms with E-state index in [1.54, 1.807) is 7.11 Å². The fourth-order valence-corrected chi connectivity index (χ4v) is 3.31. The number of carbonyl (C=O) groups is 1. The van der Waals surface area contributed by atoms with Crippen LogP contribution in [0, 0.1) is 11.8 Å².